The molecule has 2 aromatic rings. The van der Waals surface area contributed by atoms with Crippen LogP contribution in [0.2, 0.25) is 0 Å². The molecule has 21 heavy (non-hydrogen) atoms. The van der Waals surface area contributed by atoms with Crippen LogP contribution in [-0.2, 0) is 12.8 Å². The monoisotopic (exact) mass is 283 g/mol. The highest BCUT2D eigenvalue weighted by molar-refractivity contribution is 5.36. The first-order chi connectivity index (χ1) is 10.2. The number of benzene rings is 1. The van der Waals surface area contributed by atoms with E-state index in [-0.39, 0.29) is 0 Å². The molecule has 0 amide bonds. The number of nitrogens with zero attached hydrogens (tertiary/aromatic N) is 2. The third-order valence-corrected chi connectivity index (χ3v) is 4.43. The van der Waals surface area contributed by atoms with Crippen LogP contribution >= 0.6 is 0 Å². The topological polar surface area (TPSA) is 29.9 Å². The lowest BCUT2D eigenvalue weighted by atomic mass is 9.95. The molecule has 0 aliphatic heterocycles. The fourth-order valence-electron chi connectivity index (χ4n) is 3.41. The van der Waals surface area contributed by atoms with Crippen LogP contribution in [0.1, 0.15) is 49.7 Å². The fraction of sp³-hybridized carbons (Fsp3) is 0.500. The minimum absolute atomic E-state index is 0.434. The molecule has 2 unspecified atom stereocenters. The van der Waals surface area contributed by atoms with Crippen LogP contribution in [0.25, 0.3) is 0 Å². The van der Waals surface area contributed by atoms with Gasteiger partial charge < -0.3 is 5.32 Å². The molecule has 1 aliphatic carbocycles. The van der Waals surface area contributed by atoms with Crippen molar-refractivity contribution in [3.63, 3.8) is 0 Å². The molecule has 0 bridgehead atoms. The third-order valence-electron chi connectivity index (χ3n) is 4.43. The van der Waals surface area contributed by atoms with Crippen LogP contribution in [0.4, 0.5) is 0 Å². The van der Waals surface area contributed by atoms with Crippen LogP contribution < -0.4 is 5.32 Å². The van der Waals surface area contributed by atoms with E-state index in [0.29, 0.717) is 18.0 Å². The highest BCUT2D eigenvalue weighted by atomic mass is 15.3. The third kappa shape index (κ3) is 2.88. The molecule has 3 nitrogen and oxygen atoms in total. The molecular formula is C18H25N3. The van der Waals surface area contributed by atoms with E-state index in [1.165, 1.54) is 16.8 Å². The van der Waals surface area contributed by atoms with Crippen molar-refractivity contribution in [1.82, 2.24) is 15.1 Å². The summed E-state index contributed by atoms with van der Waals surface area (Å²) in [6, 6.07) is 11.9. The van der Waals surface area contributed by atoms with Crippen molar-refractivity contribution < 1.29 is 0 Å². The van der Waals surface area contributed by atoms with Gasteiger partial charge >= 0.3 is 0 Å². The summed E-state index contributed by atoms with van der Waals surface area (Å²) in [6.45, 7) is 7.54. The minimum atomic E-state index is 0.434. The Labute approximate surface area is 127 Å². The second kappa shape index (κ2) is 6.02. The van der Waals surface area contributed by atoms with Gasteiger partial charge in [-0.1, -0.05) is 31.2 Å². The van der Waals surface area contributed by atoms with Crippen LogP contribution in [0, 0.1) is 5.92 Å². The zero-order chi connectivity index (χ0) is 14.8. The summed E-state index contributed by atoms with van der Waals surface area (Å²) < 4.78 is 2.06. The predicted molar refractivity (Wildman–Crippen MR) is 86.4 cm³/mol. The summed E-state index contributed by atoms with van der Waals surface area (Å²) in [4.78, 5) is 0. The van der Waals surface area contributed by atoms with Crippen LogP contribution in [0.3, 0.4) is 0 Å². The van der Waals surface area contributed by atoms with Gasteiger partial charge in [-0.3, -0.25) is 4.68 Å². The number of hydrogen-bond acceptors (Lipinski definition) is 2. The van der Waals surface area contributed by atoms with E-state index in [0.717, 1.165) is 19.4 Å². The Kier molecular flexibility index (Phi) is 4.11. The Bertz CT molecular complexity index is 600. The average molecular weight is 283 g/mol. The molecule has 1 N–H and O–H groups in total. The molecule has 2 atom stereocenters. The second-order valence-corrected chi connectivity index (χ2v) is 6.28. The highest BCUT2D eigenvalue weighted by Crippen LogP contribution is 2.37. The van der Waals surface area contributed by atoms with E-state index in [1.54, 1.807) is 0 Å². The maximum Gasteiger partial charge on any atom is 0.0628 e. The van der Waals surface area contributed by atoms with E-state index < -0.39 is 0 Å². The van der Waals surface area contributed by atoms with Crippen molar-refractivity contribution in [2.45, 2.75) is 45.7 Å². The molecule has 0 fully saturated rings. The Morgan fingerprint density at radius 2 is 2.10 bits per heavy atom. The normalized spacial score (nSPS) is 21.0. The largest absolute Gasteiger partial charge is 0.310 e. The summed E-state index contributed by atoms with van der Waals surface area (Å²) in [5.41, 5.74) is 4.19. The smallest absolute Gasteiger partial charge is 0.0628 e. The predicted octanol–water partition coefficient (Wildman–Crippen LogP) is 3.53. The van der Waals surface area contributed by atoms with Gasteiger partial charge in [0, 0.05) is 18.3 Å². The number of nitrogens with one attached hydrogen (secondary N) is 1. The standard InChI is InChI=1S/C18H25N3/c1-4-19-18-15(11-14-7-5-6-8-17(14)18)12-16-9-10-21(20-16)13(2)3/h5-10,13,15,18-19H,4,11-12H2,1-3H3. The lowest BCUT2D eigenvalue weighted by molar-refractivity contribution is 0.388. The van der Waals surface area contributed by atoms with Crippen LogP contribution in [0.5, 0.6) is 0 Å². The summed E-state index contributed by atoms with van der Waals surface area (Å²) in [5, 5.41) is 8.39. The fourth-order valence-corrected chi connectivity index (χ4v) is 3.41. The quantitative estimate of drug-likeness (QED) is 0.909. The molecule has 0 saturated heterocycles. The molecule has 0 saturated carbocycles. The highest BCUT2D eigenvalue weighted by Gasteiger charge is 2.31. The Balaban J connectivity index is 1.78. The molecule has 112 valence electrons. The Hall–Kier alpha value is -1.61. The minimum Gasteiger partial charge on any atom is -0.310 e. The lowest BCUT2D eigenvalue weighted by Gasteiger charge is -2.20. The summed E-state index contributed by atoms with van der Waals surface area (Å²) in [7, 11) is 0. The van der Waals surface area contributed by atoms with Gasteiger partial charge in [-0.05, 0) is 56.3 Å². The van der Waals surface area contributed by atoms with E-state index in [9.17, 15) is 0 Å². The van der Waals surface area contributed by atoms with Gasteiger partial charge in [-0.15, -0.1) is 0 Å². The van der Waals surface area contributed by atoms with E-state index in [2.05, 4.69) is 67.3 Å². The number of hydrogen-bond donors (Lipinski definition) is 1. The molecule has 3 heteroatoms. The summed E-state index contributed by atoms with van der Waals surface area (Å²) in [5.74, 6) is 0.609. The first-order valence-electron chi connectivity index (χ1n) is 8.04. The van der Waals surface area contributed by atoms with Gasteiger partial charge in [0.15, 0.2) is 0 Å². The molecule has 1 aliphatic rings. The summed E-state index contributed by atoms with van der Waals surface area (Å²) in [6.07, 6.45) is 4.30. The van der Waals surface area contributed by atoms with Gasteiger partial charge in [0.25, 0.3) is 0 Å². The molecule has 0 radical (unpaired) electrons. The van der Waals surface area contributed by atoms with Crippen molar-refractivity contribution >= 4 is 0 Å². The van der Waals surface area contributed by atoms with Crippen LogP contribution in [0.15, 0.2) is 36.5 Å². The van der Waals surface area contributed by atoms with Crippen molar-refractivity contribution in [2.24, 2.45) is 5.92 Å². The van der Waals surface area contributed by atoms with E-state index >= 15 is 0 Å². The van der Waals surface area contributed by atoms with Gasteiger partial charge in [0.2, 0.25) is 0 Å². The van der Waals surface area contributed by atoms with Crippen molar-refractivity contribution in [1.29, 1.82) is 0 Å². The molecule has 3 rings (SSSR count). The van der Waals surface area contributed by atoms with Crippen molar-refractivity contribution in [3.05, 3.63) is 53.3 Å². The van der Waals surface area contributed by atoms with Gasteiger partial charge in [0.1, 0.15) is 0 Å². The lowest BCUT2D eigenvalue weighted by Crippen LogP contribution is -2.26. The number of fused-ring (bicyclic) bond motifs is 1. The van der Waals surface area contributed by atoms with E-state index in [1.807, 2.05) is 0 Å². The Morgan fingerprint density at radius 3 is 2.81 bits per heavy atom. The molecule has 1 aromatic carbocycles. The van der Waals surface area contributed by atoms with Gasteiger partial charge in [-0.25, -0.2) is 0 Å². The second-order valence-electron chi connectivity index (χ2n) is 6.28. The van der Waals surface area contributed by atoms with Crippen molar-refractivity contribution in [2.75, 3.05) is 6.54 Å². The number of rotatable bonds is 5. The molecular weight excluding hydrogens is 258 g/mol. The molecule has 1 aromatic heterocycles. The maximum atomic E-state index is 4.72. The Morgan fingerprint density at radius 1 is 1.29 bits per heavy atom. The average Bonchev–Trinajstić information content (AvgIpc) is 3.06. The van der Waals surface area contributed by atoms with Gasteiger partial charge in [0.05, 0.1) is 5.69 Å². The zero-order valence-corrected chi connectivity index (χ0v) is 13.2. The molecule has 0 spiro atoms. The van der Waals surface area contributed by atoms with E-state index in [4.69, 9.17) is 5.10 Å². The summed E-state index contributed by atoms with van der Waals surface area (Å²) >= 11 is 0. The van der Waals surface area contributed by atoms with Crippen LogP contribution in [-0.4, -0.2) is 16.3 Å². The first-order valence-corrected chi connectivity index (χ1v) is 8.04. The maximum absolute atomic E-state index is 4.72. The van der Waals surface area contributed by atoms with Gasteiger partial charge in [-0.2, -0.15) is 5.10 Å². The zero-order valence-electron chi connectivity index (χ0n) is 13.2. The first kappa shape index (κ1) is 14.3. The SMILES string of the molecule is CCNC1c2ccccc2CC1Cc1ccn(C(C)C)n1. The molecule has 1 heterocycles. The van der Waals surface area contributed by atoms with Crippen molar-refractivity contribution in [3.8, 4) is 0 Å². The number of aromatic nitrogens is 2.